The number of aryl methyl sites for hydroxylation is 1. The number of rotatable bonds is 8. The summed E-state index contributed by atoms with van der Waals surface area (Å²) in [4.78, 5) is 0. The molecule has 0 radical (unpaired) electrons. The van der Waals surface area contributed by atoms with Gasteiger partial charge in [0.1, 0.15) is 0 Å². The van der Waals surface area contributed by atoms with Crippen molar-refractivity contribution in [2.24, 2.45) is 0 Å². The van der Waals surface area contributed by atoms with E-state index in [9.17, 15) is 0 Å². The first kappa shape index (κ1) is 13.2. The third-order valence-electron chi connectivity index (χ3n) is 2.44. The van der Waals surface area contributed by atoms with Crippen LogP contribution in [0, 0.1) is 6.92 Å². The second kappa shape index (κ2) is 8.31. The molecule has 0 amide bonds. The second-order valence-electron chi connectivity index (χ2n) is 4.13. The van der Waals surface area contributed by atoms with Crippen LogP contribution in [-0.4, -0.2) is 19.8 Å². The van der Waals surface area contributed by atoms with E-state index >= 15 is 0 Å². The molecule has 0 spiro atoms. The van der Waals surface area contributed by atoms with Gasteiger partial charge in [-0.2, -0.15) is 0 Å². The summed E-state index contributed by atoms with van der Waals surface area (Å²) in [5.74, 6) is 0. The second-order valence-corrected chi connectivity index (χ2v) is 4.13. The summed E-state index contributed by atoms with van der Waals surface area (Å²) in [6, 6.07) is 8.66. The van der Waals surface area contributed by atoms with Gasteiger partial charge in [-0.05, 0) is 31.9 Å². The standard InChI is InChI=1S/C14H23NO/c1-3-10-16-11-4-9-15-12-14-7-5-13(2)6-8-14/h5-8,15H,3-4,9-12H2,1-2H3. The zero-order valence-electron chi connectivity index (χ0n) is 10.5. The van der Waals surface area contributed by atoms with E-state index in [1.807, 2.05) is 0 Å². The Balaban J connectivity index is 2.01. The van der Waals surface area contributed by atoms with Gasteiger partial charge in [0.2, 0.25) is 0 Å². The summed E-state index contributed by atoms with van der Waals surface area (Å²) in [5, 5.41) is 3.42. The van der Waals surface area contributed by atoms with Crippen LogP contribution < -0.4 is 5.32 Å². The van der Waals surface area contributed by atoms with Gasteiger partial charge in [0.15, 0.2) is 0 Å². The Bertz CT molecular complexity index is 269. The SMILES string of the molecule is CCCOCCCNCc1ccc(C)cc1. The van der Waals surface area contributed by atoms with E-state index in [0.29, 0.717) is 0 Å². The highest BCUT2D eigenvalue weighted by atomic mass is 16.5. The zero-order valence-corrected chi connectivity index (χ0v) is 10.5. The first-order chi connectivity index (χ1) is 7.83. The summed E-state index contributed by atoms with van der Waals surface area (Å²) in [6.07, 6.45) is 2.20. The predicted molar refractivity (Wildman–Crippen MR) is 68.6 cm³/mol. The minimum Gasteiger partial charge on any atom is -0.381 e. The van der Waals surface area contributed by atoms with Crippen LogP contribution >= 0.6 is 0 Å². The molecule has 0 bridgehead atoms. The average Bonchev–Trinajstić information content (AvgIpc) is 2.30. The maximum Gasteiger partial charge on any atom is 0.0478 e. The van der Waals surface area contributed by atoms with Gasteiger partial charge in [-0.3, -0.25) is 0 Å². The molecular weight excluding hydrogens is 198 g/mol. The molecule has 0 heterocycles. The van der Waals surface area contributed by atoms with E-state index in [2.05, 4.69) is 43.4 Å². The summed E-state index contributed by atoms with van der Waals surface area (Å²) < 4.78 is 5.41. The van der Waals surface area contributed by atoms with E-state index in [0.717, 1.165) is 39.1 Å². The van der Waals surface area contributed by atoms with Crippen molar-refractivity contribution in [3.63, 3.8) is 0 Å². The van der Waals surface area contributed by atoms with E-state index in [4.69, 9.17) is 4.74 Å². The van der Waals surface area contributed by atoms with Crippen LogP contribution in [0.5, 0.6) is 0 Å². The van der Waals surface area contributed by atoms with Gasteiger partial charge in [0.25, 0.3) is 0 Å². The Morgan fingerprint density at radius 3 is 2.56 bits per heavy atom. The number of hydrogen-bond acceptors (Lipinski definition) is 2. The quantitative estimate of drug-likeness (QED) is 0.682. The molecule has 0 saturated carbocycles. The van der Waals surface area contributed by atoms with Gasteiger partial charge in [-0.25, -0.2) is 0 Å². The molecule has 90 valence electrons. The molecule has 0 atom stereocenters. The monoisotopic (exact) mass is 221 g/mol. The van der Waals surface area contributed by atoms with E-state index in [-0.39, 0.29) is 0 Å². The lowest BCUT2D eigenvalue weighted by molar-refractivity contribution is 0.132. The molecule has 0 saturated heterocycles. The molecule has 1 rings (SSSR count). The van der Waals surface area contributed by atoms with Crippen LogP contribution in [0.2, 0.25) is 0 Å². The maximum atomic E-state index is 5.41. The fraction of sp³-hybridized carbons (Fsp3) is 0.571. The highest BCUT2D eigenvalue weighted by Gasteiger charge is 1.92. The molecule has 2 nitrogen and oxygen atoms in total. The van der Waals surface area contributed by atoms with Crippen molar-refractivity contribution in [2.75, 3.05) is 19.8 Å². The third-order valence-corrected chi connectivity index (χ3v) is 2.44. The molecule has 0 unspecified atom stereocenters. The lowest BCUT2D eigenvalue weighted by atomic mass is 10.1. The van der Waals surface area contributed by atoms with Crippen LogP contribution in [0.4, 0.5) is 0 Å². The summed E-state index contributed by atoms with van der Waals surface area (Å²) >= 11 is 0. The van der Waals surface area contributed by atoms with Crippen molar-refractivity contribution >= 4 is 0 Å². The van der Waals surface area contributed by atoms with Crippen molar-refractivity contribution in [1.82, 2.24) is 5.32 Å². The normalized spacial score (nSPS) is 10.6. The fourth-order valence-electron chi connectivity index (χ4n) is 1.48. The average molecular weight is 221 g/mol. The molecular formula is C14H23NO. The number of benzene rings is 1. The van der Waals surface area contributed by atoms with Crippen LogP contribution in [0.3, 0.4) is 0 Å². The van der Waals surface area contributed by atoms with Crippen LogP contribution in [0.1, 0.15) is 30.9 Å². The Kier molecular flexibility index (Phi) is 6.86. The van der Waals surface area contributed by atoms with Gasteiger partial charge < -0.3 is 10.1 Å². The molecule has 1 N–H and O–H groups in total. The van der Waals surface area contributed by atoms with Crippen molar-refractivity contribution < 1.29 is 4.74 Å². The van der Waals surface area contributed by atoms with Crippen molar-refractivity contribution in [3.8, 4) is 0 Å². The lowest BCUT2D eigenvalue weighted by Gasteiger charge is -2.05. The third kappa shape index (κ3) is 5.89. The van der Waals surface area contributed by atoms with Crippen LogP contribution in [0.25, 0.3) is 0 Å². The van der Waals surface area contributed by atoms with Gasteiger partial charge in [-0.15, -0.1) is 0 Å². The molecule has 0 aliphatic rings. The summed E-state index contributed by atoms with van der Waals surface area (Å²) in [6.45, 7) is 7.98. The molecule has 2 heteroatoms. The van der Waals surface area contributed by atoms with Gasteiger partial charge in [0, 0.05) is 19.8 Å². The minimum absolute atomic E-state index is 0.870. The number of hydrogen-bond donors (Lipinski definition) is 1. The van der Waals surface area contributed by atoms with Gasteiger partial charge in [0.05, 0.1) is 0 Å². The Morgan fingerprint density at radius 1 is 1.12 bits per heavy atom. The van der Waals surface area contributed by atoms with Crippen molar-refractivity contribution in [2.45, 2.75) is 33.2 Å². The fourth-order valence-corrected chi connectivity index (χ4v) is 1.48. The first-order valence-electron chi connectivity index (χ1n) is 6.17. The molecule has 0 fully saturated rings. The zero-order chi connectivity index (χ0) is 11.6. The van der Waals surface area contributed by atoms with E-state index < -0.39 is 0 Å². The lowest BCUT2D eigenvalue weighted by Crippen LogP contribution is -2.16. The van der Waals surface area contributed by atoms with Crippen molar-refractivity contribution in [1.29, 1.82) is 0 Å². The molecule has 0 aliphatic heterocycles. The summed E-state index contributed by atoms with van der Waals surface area (Å²) in [5.41, 5.74) is 2.66. The smallest absolute Gasteiger partial charge is 0.0478 e. The predicted octanol–water partition coefficient (Wildman–Crippen LogP) is 2.90. The van der Waals surface area contributed by atoms with Crippen molar-refractivity contribution in [3.05, 3.63) is 35.4 Å². The van der Waals surface area contributed by atoms with Crippen LogP contribution in [-0.2, 0) is 11.3 Å². The maximum absolute atomic E-state index is 5.41. The largest absolute Gasteiger partial charge is 0.381 e. The Morgan fingerprint density at radius 2 is 1.88 bits per heavy atom. The molecule has 16 heavy (non-hydrogen) atoms. The van der Waals surface area contributed by atoms with E-state index in [1.165, 1.54) is 11.1 Å². The summed E-state index contributed by atoms with van der Waals surface area (Å²) in [7, 11) is 0. The minimum atomic E-state index is 0.870. The number of nitrogens with one attached hydrogen (secondary N) is 1. The Hall–Kier alpha value is -0.860. The highest BCUT2D eigenvalue weighted by molar-refractivity contribution is 5.20. The number of ether oxygens (including phenoxy) is 1. The van der Waals surface area contributed by atoms with E-state index in [1.54, 1.807) is 0 Å². The Labute approximate surface area is 99.0 Å². The van der Waals surface area contributed by atoms with Crippen LogP contribution in [0.15, 0.2) is 24.3 Å². The molecule has 0 aromatic heterocycles. The topological polar surface area (TPSA) is 21.3 Å². The van der Waals surface area contributed by atoms with Gasteiger partial charge in [-0.1, -0.05) is 36.8 Å². The van der Waals surface area contributed by atoms with Gasteiger partial charge >= 0.3 is 0 Å². The molecule has 1 aromatic carbocycles. The highest BCUT2D eigenvalue weighted by Crippen LogP contribution is 2.02. The first-order valence-corrected chi connectivity index (χ1v) is 6.17. The molecule has 0 aliphatic carbocycles. The molecule has 1 aromatic rings.